The molecule has 6 aromatic carbocycles. The summed E-state index contributed by atoms with van der Waals surface area (Å²) in [6.07, 6.45) is 1.29. The summed E-state index contributed by atoms with van der Waals surface area (Å²) >= 11 is 4.56. The Balaban J connectivity index is 0.000000170. The molecule has 2 heterocycles. The van der Waals surface area contributed by atoms with Crippen molar-refractivity contribution in [3.63, 3.8) is 0 Å². The molecule has 12 heteroatoms. The van der Waals surface area contributed by atoms with Crippen LogP contribution >= 0.6 is 45.2 Å². The number of benzene rings is 6. The van der Waals surface area contributed by atoms with Crippen molar-refractivity contribution in [2.75, 3.05) is 24.0 Å². The summed E-state index contributed by atoms with van der Waals surface area (Å²) in [5, 5.41) is 0. The molecule has 6 aromatic rings. The van der Waals surface area contributed by atoms with E-state index in [0.717, 1.165) is 51.9 Å². The van der Waals surface area contributed by atoms with Gasteiger partial charge in [0.1, 0.15) is 11.6 Å². The highest BCUT2D eigenvalue weighted by Crippen LogP contribution is 2.74. The number of hydrogen-bond donors (Lipinski definition) is 0. The zero-order valence-corrected chi connectivity index (χ0v) is 42.9. The molecule has 2 aliphatic carbocycles. The van der Waals surface area contributed by atoms with Crippen molar-refractivity contribution in [1.29, 1.82) is 0 Å². The topological polar surface area (TPSA) is 93.2 Å². The van der Waals surface area contributed by atoms with Crippen LogP contribution in [0.15, 0.2) is 133 Å². The maximum atomic E-state index is 14.5. The van der Waals surface area contributed by atoms with E-state index in [1.165, 1.54) is 38.5 Å². The molecule has 0 bridgehead atoms. The first-order chi connectivity index (χ1) is 32.5. The summed E-state index contributed by atoms with van der Waals surface area (Å²) in [6.45, 7) is 9.15. The third-order valence-corrected chi connectivity index (χ3v) is 16.5. The molecule has 0 saturated heterocycles. The van der Waals surface area contributed by atoms with Gasteiger partial charge >= 0.3 is 11.9 Å². The zero-order chi connectivity index (χ0) is 48.5. The second kappa shape index (κ2) is 17.8. The normalized spacial score (nSPS) is 22.9. The Morgan fingerprint density at radius 3 is 1.26 bits per heavy atom. The van der Waals surface area contributed by atoms with E-state index in [9.17, 15) is 28.0 Å². The third-order valence-electron chi connectivity index (χ3n) is 15.1. The van der Waals surface area contributed by atoms with Crippen molar-refractivity contribution in [2.24, 2.45) is 11.8 Å². The molecule has 4 atom stereocenters. The van der Waals surface area contributed by atoms with Crippen LogP contribution in [0.1, 0.15) is 94.6 Å². The monoisotopic (exact) mass is 1140 g/mol. The Morgan fingerprint density at radius 1 is 0.559 bits per heavy atom. The summed E-state index contributed by atoms with van der Waals surface area (Å²) < 4.78 is 41.0. The average molecular weight is 1140 g/mol. The SMILES string of the molecule is COC(=O)c1cccc(CN2C(=O)[C@@]3(C[C@]3(c3ccc(I)cc3)C(C)C)c3cc(F)ccc32)c1.COC(=O)c1cccc(CN2C(=O)[C@]3(C[C@@]3(c3ccc(I)cc3)C(C)C)c3cc(F)ccc32)c1. The molecule has 4 aliphatic rings. The fourth-order valence-electron chi connectivity index (χ4n) is 11.8. The number of halogens is 4. The summed E-state index contributed by atoms with van der Waals surface area (Å²) in [6, 6.07) is 40.2. The highest BCUT2D eigenvalue weighted by Gasteiger charge is 2.79. The number of esters is 2. The molecule has 10 rings (SSSR count). The summed E-state index contributed by atoms with van der Waals surface area (Å²) in [4.78, 5) is 55.9. The van der Waals surface area contributed by atoms with E-state index < -0.39 is 33.6 Å². The maximum absolute atomic E-state index is 14.5. The van der Waals surface area contributed by atoms with E-state index in [1.54, 1.807) is 58.3 Å². The maximum Gasteiger partial charge on any atom is 0.337 e. The lowest BCUT2D eigenvalue weighted by Gasteiger charge is -2.27. The van der Waals surface area contributed by atoms with Crippen LogP contribution in [0.5, 0.6) is 0 Å². The van der Waals surface area contributed by atoms with Crippen molar-refractivity contribution in [3.05, 3.63) is 197 Å². The fraction of sp³-hybridized carbons (Fsp3) is 0.286. The van der Waals surface area contributed by atoms with E-state index in [-0.39, 0.29) is 35.3 Å². The molecular weight excluding hydrogens is 1090 g/mol. The number of amides is 2. The molecule has 2 fully saturated rings. The smallest absolute Gasteiger partial charge is 0.337 e. The van der Waals surface area contributed by atoms with Crippen molar-refractivity contribution in [2.45, 2.75) is 75.3 Å². The number of fused-ring (bicyclic) bond motifs is 4. The van der Waals surface area contributed by atoms with Crippen LogP contribution in [0.25, 0.3) is 0 Å². The van der Waals surface area contributed by atoms with Gasteiger partial charge in [0, 0.05) is 29.3 Å². The number of carbonyl (C=O) groups excluding carboxylic acids is 4. The van der Waals surface area contributed by atoms with Crippen LogP contribution in [0, 0.1) is 30.6 Å². The van der Waals surface area contributed by atoms with Gasteiger partial charge in [-0.25, -0.2) is 18.4 Å². The van der Waals surface area contributed by atoms with Crippen LogP contribution < -0.4 is 9.80 Å². The highest BCUT2D eigenvalue weighted by molar-refractivity contribution is 14.1. The minimum Gasteiger partial charge on any atom is -0.465 e. The fourth-order valence-corrected chi connectivity index (χ4v) is 12.5. The molecule has 8 nitrogen and oxygen atoms in total. The molecule has 0 unspecified atom stereocenters. The van der Waals surface area contributed by atoms with Gasteiger partial charge in [-0.2, -0.15) is 0 Å². The Kier molecular flexibility index (Phi) is 12.5. The van der Waals surface area contributed by atoms with Gasteiger partial charge in [-0.3, -0.25) is 9.59 Å². The first-order valence-corrected chi connectivity index (χ1v) is 24.8. The number of methoxy groups -OCH3 is 2. The average Bonchev–Trinajstić information content (AvgIpc) is 4.21. The van der Waals surface area contributed by atoms with Crippen LogP contribution in [0.3, 0.4) is 0 Å². The first-order valence-electron chi connectivity index (χ1n) is 22.6. The Hall–Kier alpha value is -5.48. The van der Waals surface area contributed by atoms with E-state index >= 15 is 0 Å². The van der Waals surface area contributed by atoms with Gasteiger partial charge in [-0.15, -0.1) is 0 Å². The molecular formula is C56H50F2I2N2O6. The lowest BCUT2D eigenvalue weighted by atomic mass is 9.75. The standard InChI is InChI=1S/2C28H25FINO3/c2*1-17(2)27(20-7-10-22(30)11-8-20)16-28(27)23-14-21(29)9-12-24(23)31(26(28)33)15-18-5-4-6-19(13-18)25(32)34-3/h2*4-14,17H,15-16H2,1-3H3/t2*27-,28-/m10/s1. The molecule has 68 heavy (non-hydrogen) atoms. The molecule has 348 valence electrons. The van der Waals surface area contributed by atoms with Crippen LogP contribution in [0.2, 0.25) is 0 Å². The second-order valence-electron chi connectivity index (χ2n) is 18.9. The van der Waals surface area contributed by atoms with Gasteiger partial charge in [0.05, 0.1) is 49.3 Å². The van der Waals surface area contributed by atoms with Crippen molar-refractivity contribution in [1.82, 2.24) is 0 Å². The van der Waals surface area contributed by atoms with Gasteiger partial charge < -0.3 is 19.3 Å². The number of carbonyl (C=O) groups is 4. The first kappa shape index (κ1) is 47.6. The number of anilines is 2. The van der Waals surface area contributed by atoms with Gasteiger partial charge in [-0.1, -0.05) is 76.2 Å². The third kappa shape index (κ3) is 7.37. The molecule has 2 amide bonds. The van der Waals surface area contributed by atoms with E-state index in [1.807, 2.05) is 12.1 Å². The van der Waals surface area contributed by atoms with Gasteiger partial charge in [0.25, 0.3) is 0 Å². The highest BCUT2D eigenvalue weighted by atomic mass is 127. The number of hydrogen-bond acceptors (Lipinski definition) is 6. The molecule has 0 radical (unpaired) electrons. The van der Waals surface area contributed by atoms with Crippen molar-refractivity contribution < 1.29 is 37.4 Å². The predicted molar refractivity (Wildman–Crippen MR) is 275 cm³/mol. The van der Waals surface area contributed by atoms with Crippen LogP contribution in [-0.4, -0.2) is 38.0 Å². The summed E-state index contributed by atoms with van der Waals surface area (Å²) in [7, 11) is 2.69. The van der Waals surface area contributed by atoms with Crippen LogP contribution in [0.4, 0.5) is 20.2 Å². The van der Waals surface area contributed by atoms with E-state index in [4.69, 9.17) is 9.47 Å². The molecule has 2 aliphatic heterocycles. The van der Waals surface area contributed by atoms with Crippen molar-refractivity contribution in [3.8, 4) is 0 Å². The van der Waals surface area contributed by atoms with Gasteiger partial charge in [0.2, 0.25) is 11.8 Å². The Labute approximate surface area is 422 Å². The quantitative estimate of drug-likeness (QED) is 0.100. The van der Waals surface area contributed by atoms with E-state index in [2.05, 4.69) is 121 Å². The number of rotatable bonds is 10. The Bertz CT molecular complexity index is 2810. The summed E-state index contributed by atoms with van der Waals surface area (Å²) in [5.74, 6) is -1.19. The predicted octanol–water partition coefficient (Wildman–Crippen LogP) is 12.0. The lowest BCUT2D eigenvalue weighted by molar-refractivity contribution is -0.121. The Morgan fingerprint density at radius 2 is 0.926 bits per heavy atom. The number of ether oxygens (including phenoxy) is 2. The number of nitrogens with zero attached hydrogens (tertiary/aromatic N) is 2. The minimum absolute atomic E-state index is 0.0104. The summed E-state index contributed by atoms with van der Waals surface area (Å²) in [5.41, 5.74) is 5.30. The largest absolute Gasteiger partial charge is 0.465 e. The zero-order valence-electron chi connectivity index (χ0n) is 38.5. The van der Waals surface area contributed by atoms with Gasteiger partial charge in [0.15, 0.2) is 0 Å². The molecule has 2 saturated carbocycles. The van der Waals surface area contributed by atoms with E-state index in [0.29, 0.717) is 37.1 Å². The molecule has 2 spiro atoms. The lowest BCUT2D eigenvalue weighted by Crippen LogP contribution is -2.38. The minimum atomic E-state index is -0.800. The van der Waals surface area contributed by atoms with Crippen LogP contribution in [-0.2, 0) is 53.8 Å². The second-order valence-corrected chi connectivity index (χ2v) is 21.4. The molecule has 0 aromatic heterocycles. The van der Waals surface area contributed by atoms with Gasteiger partial charge in [-0.05, 0) is 188 Å². The molecule has 0 N–H and O–H groups in total. The van der Waals surface area contributed by atoms with Crippen molar-refractivity contribution >= 4 is 80.3 Å².